The lowest BCUT2D eigenvalue weighted by atomic mass is 10.1. The van der Waals surface area contributed by atoms with Crippen LogP contribution in [0.4, 0.5) is 0 Å². The highest BCUT2D eigenvalue weighted by Gasteiger charge is 2.15. The largest absolute Gasteiger partial charge is 0.347 e. The van der Waals surface area contributed by atoms with E-state index in [1.54, 1.807) is 25.6 Å². The highest BCUT2D eigenvalue weighted by Crippen LogP contribution is 2.09. The molecule has 0 saturated carbocycles. The first-order valence-electron chi connectivity index (χ1n) is 7.84. The average molecular weight is 360 g/mol. The fourth-order valence-electron chi connectivity index (χ4n) is 1.36. The summed E-state index contributed by atoms with van der Waals surface area (Å²) < 4.78 is 0. The lowest BCUT2D eigenvalue weighted by Crippen LogP contribution is -2.47. The van der Waals surface area contributed by atoms with Gasteiger partial charge in [0.1, 0.15) is 0 Å². The van der Waals surface area contributed by atoms with Gasteiger partial charge in [-0.25, -0.2) is 0 Å². The van der Waals surface area contributed by atoms with Gasteiger partial charge < -0.3 is 21.7 Å². The lowest BCUT2D eigenvalue weighted by molar-refractivity contribution is -0.128. The first kappa shape index (κ1) is 22.4. The van der Waals surface area contributed by atoms with E-state index >= 15 is 0 Å². The van der Waals surface area contributed by atoms with Crippen molar-refractivity contribution in [3.05, 3.63) is 0 Å². The average Bonchev–Trinajstić information content (AvgIpc) is 2.52. The van der Waals surface area contributed by atoms with Crippen LogP contribution in [-0.4, -0.2) is 60.2 Å². The Hall–Kier alpha value is -1.61. The van der Waals surface area contributed by atoms with E-state index in [0.717, 1.165) is 0 Å². The topological polar surface area (TPSA) is 130 Å². The van der Waals surface area contributed by atoms with E-state index in [-0.39, 0.29) is 31.3 Å². The fourth-order valence-corrected chi connectivity index (χ4v) is 2.11. The minimum Gasteiger partial charge on any atom is -0.347 e. The van der Waals surface area contributed by atoms with E-state index in [4.69, 9.17) is 5.73 Å². The Kier molecular flexibility index (Phi) is 11.1. The normalized spacial score (nSPS) is 12.0. The number of hydrogen-bond donors (Lipinski definition) is 4. The molecule has 0 aromatic carbocycles. The van der Waals surface area contributed by atoms with E-state index < -0.39 is 23.8 Å². The van der Waals surface area contributed by atoms with Crippen LogP contribution in [0, 0.1) is 5.92 Å². The molecule has 8 nitrogen and oxygen atoms in total. The predicted molar refractivity (Wildman–Crippen MR) is 94.4 cm³/mol. The van der Waals surface area contributed by atoms with Crippen LogP contribution in [0.2, 0.25) is 0 Å². The van der Waals surface area contributed by atoms with E-state index in [1.807, 2.05) is 13.8 Å². The van der Waals surface area contributed by atoms with Crippen molar-refractivity contribution >= 4 is 35.3 Å². The number of hydrogen-bond acceptors (Lipinski definition) is 6. The molecule has 138 valence electrons. The Morgan fingerprint density at radius 2 is 1.38 bits per heavy atom. The third-order valence-electron chi connectivity index (χ3n) is 2.92. The Morgan fingerprint density at radius 3 is 1.88 bits per heavy atom. The number of carbonyl (C=O) groups is 4. The number of nitrogens with one attached hydrogen (secondary N) is 3. The monoisotopic (exact) mass is 360 g/mol. The van der Waals surface area contributed by atoms with Crippen LogP contribution in [0.5, 0.6) is 0 Å². The number of ketones is 1. The van der Waals surface area contributed by atoms with Gasteiger partial charge in [0.2, 0.25) is 17.7 Å². The van der Waals surface area contributed by atoms with Crippen LogP contribution < -0.4 is 21.7 Å². The van der Waals surface area contributed by atoms with Gasteiger partial charge in [0.05, 0.1) is 25.7 Å². The molecule has 0 aromatic heterocycles. The maximum absolute atomic E-state index is 11.7. The standard InChI is InChI=1S/C15H28N4O4S/c1-9(2)12(20)5-17-13(21)6-18-14(22)7-19-15(23)11(16)8-24-10(3)4/h9-11H,5-8,16H2,1-4H3,(H,17,21)(H,18,22)(H,19,23)/t11-/m1/s1. The summed E-state index contributed by atoms with van der Waals surface area (Å²) in [4.78, 5) is 46.1. The molecular formula is C15H28N4O4S. The summed E-state index contributed by atoms with van der Waals surface area (Å²) in [6.07, 6.45) is 0. The van der Waals surface area contributed by atoms with E-state index in [2.05, 4.69) is 16.0 Å². The SMILES string of the molecule is CC(C)SC[C@@H](N)C(=O)NCC(=O)NCC(=O)NCC(=O)C(C)C. The molecular weight excluding hydrogens is 332 g/mol. The second kappa shape index (κ2) is 11.9. The second-order valence-corrected chi connectivity index (χ2v) is 7.49. The molecule has 0 saturated heterocycles. The molecule has 0 spiro atoms. The molecule has 3 amide bonds. The van der Waals surface area contributed by atoms with Crippen molar-refractivity contribution in [1.82, 2.24) is 16.0 Å². The second-order valence-electron chi connectivity index (χ2n) is 5.88. The number of rotatable bonds is 11. The molecule has 0 aliphatic heterocycles. The molecule has 24 heavy (non-hydrogen) atoms. The molecule has 0 rings (SSSR count). The molecule has 0 aromatic rings. The number of thioether (sulfide) groups is 1. The number of Topliss-reactive ketones (excluding diaryl/α,β-unsaturated/α-hetero) is 1. The van der Waals surface area contributed by atoms with Crippen molar-refractivity contribution in [2.45, 2.75) is 39.0 Å². The van der Waals surface area contributed by atoms with Gasteiger partial charge in [0.15, 0.2) is 5.78 Å². The summed E-state index contributed by atoms with van der Waals surface area (Å²) in [5, 5.41) is 7.56. The Bertz CT molecular complexity index is 455. The molecule has 0 fully saturated rings. The third-order valence-corrected chi connectivity index (χ3v) is 4.14. The Balaban J connectivity index is 3.91. The van der Waals surface area contributed by atoms with Crippen molar-refractivity contribution in [3.8, 4) is 0 Å². The summed E-state index contributed by atoms with van der Waals surface area (Å²) in [5.74, 6) is -1.16. The molecule has 0 unspecified atom stereocenters. The summed E-state index contributed by atoms with van der Waals surface area (Å²) in [6.45, 7) is 6.91. The molecule has 5 N–H and O–H groups in total. The van der Waals surface area contributed by atoms with Gasteiger partial charge in [0.25, 0.3) is 0 Å². The summed E-state index contributed by atoms with van der Waals surface area (Å²) in [5.41, 5.74) is 5.71. The van der Waals surface area contributed by atoms with Crippen molar-refractivity contribution in [2.24, 2.45) is 11.7 Å². The first-order valence-corrected chi connectivity index (χ1v) is 8.89. The van der Waals surface area contributed by atoms with Crippen molar-refractivity contribution < 1.29 is 19.2 Å². The van der Waals surface area contributed by atoms with Crippen molar-refractivity contribution in [3.63, 3.8) is 0 Å². The van der Waals surface area contributed by atoms with Crippen LogP contribution in [0.3, 0.4) is 0 Å². The third kappa shape index (κ3) is 11.0. The van der Waals surface area contributed by atoms with Crippen LogP contribution in [0.1, 0.15) is 27.7 Å². The Morgan fingerprint density at radius 1 is 0.875 bits per heavy atom. The molecule has 0 aliphatic rings. The van der Waals surface area contributed by atoms with Gasteiger partial charge in [-0.3, -0.25) is 19.2 Å². The minimum absolute atomic E-state index is 0.0640. The van der Waals surface area contributed by atoms with E-state index in [1.165, 1.54) is 0 Å². The van der Waals surface area contributed by atoms with Gasteiger partial charge in [-0.1, -0.05) is 27.7 Å². The zero-order valence-corrected chi connectivity index (χ0v) is 15.5. The van der Waals surface area contributed by atoms with Crippen LogP contribution in [0.15, 0.2) is 0 Å². The summed E-state index contributed by atoms with van der Waals surface area (Å²) >= 11 is 1.56. The van der Waals surface area contributed by atoms with Gasteiger partial charge in [-0.05, 0) is 5.25 Å². The zero-order valence-electron chi connectivity index (χ0n) is 14.7. The Labute approximate surface area is 147 Å². The number of nitrogens with two attached hydrogens (primary N) is 1. The molecule has 1 atom stereocenters. The maximum atomic E-state index is 11.7. The van der Waals surface area contributed by atoms with Gasteiger partial charge >= 0.3 is 0 Å². The zero-order chi connectivity index (χ0) is 18.7. The molecule has 0 aliphatic carbocycles. The van der Waals surface area contributed by atoms with Crippen molar-refractivity contribution in [1.29, 1.82) is 0 Å². The van der Waals surface area contributed by atoms with Crippen LogP contribution >= 0.6 is 11.8 Å². The predicted octanol–water partition coefficient (Wildman–Crippen LogP) is -0.971. The smallest absolute Gasteiger partial charge is 0.239 e. The van der Waals surface area contributed by atoms with Gasteiger partial charge in [-0.15, -0.1) is 0 Å². The molecule has 0 radical (unpaired) electrons. The van der Waals surface area contributed by atoms with Crippen LogP contribution in [-0.2, 0) is 19.2 Å². The first-order chi connectivity index (χ1) is 11.1. The summed E-state index contributed by atoms with van der Waals surface area (Å²) in [7, 11) is 0. The van der Waals surface area contributed by atoms with Gasteiger partial charge in [0, 0.05) is 11.7 Å². The quantitative estimate of drug-likeness (QED) is 0.375. The van der Waals surface area contributed by atoms with E-state index in [9.17, 15) is 19.2 Å². The van der Waals surface area contributed by atoms with Gasteiger partial charge in [-0.2, -0.15) is 11.8 Å². The highest BCUT2D eigenvalue weighted by molar-refractivity contribution is 7.99. The molecule has 0 bridgehead atoms. The van der Waals surface area contributed by atoms with Crippen LogP contribution in [0.25, 0.3) is 0 Å². The minimum atomic E-state index is -0.685. The number of amides is 3. The summed E-state index contributed by atoms with van der Waals surface area (Å²) in [6, 6.07) is -0.685. The maximum Gasteiger partial charge on any atom is 0.239 e. The molecule has 9 heteroatoms. The highest BCUT2D eigenvalue weighted by atomic mass is 32.2. The number of carbonyl (C=O) groups excluding carboxylic acids is 4. The van der Waals surface area contributed by atoms with E-state index in [0.29, 0.717) is 11.0 Å². The molecule has 0 heterocycles. The van der Waals surface area contributed by atoms with Crippen molar-refractivity contribution in [2.75, 3.05) is 25.4 Å². The fraction of sp³-hybridized carbons (Fsp3) is 0.733. The lowest BCUT2D eigenvalue weighted by Gasteiger charge is -2.13.